The highest BCUT2D eigenvalue weighted by atomic mass is 32.2. The van der Waals surface area contributed by atoms with Crippen molar-refractivity contribution in [3.63, 3.8) is 0 Å². The second-order valence-electron chi connectivity index (χ2n) is 5.52. The maximum atomic E-state index is 12.3. The van der Waals surface area contributed by atoms with Crippen molar-refractivity contribution in [2.24, 2.45) is 0 Å². The molecule has 0 aliphatic carbocycles. The van der Waals surface area contributed by atoms with Crippen molar-refractivity contribution < 1.29 is 17.9 Å². The molecule has 0 spiro atoms. The number of benzene rings is 2. The minimum Gasteiger partial charge on any atom is -0.497 e. The fourth-order valence-corrected chi connectivity index (χ4v) is 3.29. The molecule has 0 atom stereocenters. The average molecular weight is 374 g/mol. The Labute approximate surface area is 153 Å². The molecule has 2 N–H and O–H groups in total. The summed E-state index contributed by atoms with van der Waals surface area (Å²) in [6.45, 7) is 4.15. The van der Waals surface area contributed by atoms with Crippen LogP contribution >= 0.6 is 0 Å². The molecule has 0 bridgehead atoms. The molecule has 2 aromatic rings. The Morgan fingerprint density at radius 3 is 2.35 bits per heavy atom. The average Bonchev–Trinajstić information content (AvgIpc) is 2.66. The van der Waals surface area contributed by atoms with Crippen LogP contribution in [0.1, 0.15) is 15.9 Å². The number of hydrogen-bond donors (Lipinski definition) is 2. The first-order chi connectivity index (χ1) is 12.5. The molecule has 2 aromatic carbocycles. The first kappa shape index (κ1) is 19.7. The number of methoxy groups -OCH3 is 1. The number of sulfonamides is 1. The normalized spacial score (nSPS) is 11.0. The summed E-state index contributed by atoms with van der Waals surface area (Å²) in [6, 6.07) is 13.2. The topological polar surface area (TPSA) is 84.5 Å². The number of carbonyl (C=O) groups is 1. The van der Waals surface area contributed by atoms with E-state index in [2.05, 4.69) is 16.6 Å². The molecule has 0 fully saturated rings. The highest BCUT2D eigenvalue weighted by Crippen LogP contribution is 2.13. The number of carbonyl (C=O) groups excluding carboxylic acids is 1. The van der Waals surface area contributed by atoms with E-state index in [1.165, 1.54) is 24.3 Å². The van der Waals surface area contributed by atoms with Gasteiger partial charge in [-0.3, -0.25) is 4.79 Å². The van der Waals surface area contributed by atoms with Crippen molar-refractivity contribution >= 4 is 15.9 Å². The molecule has 0 saturated heterocycles. The Morgan fingerprint density at radius 2 is 1.77 bits per heavy atom. The summed E-state index contributed by atoms with van der Waals surface area (Å²) in [7, 11) is -2.03. The lowest BCUT2D eigenvalue weighted by Crippen LogP contribution is -2.26. The predicted molar refractivity (Wildman–Crippen MR) is 101 cm³/mol. The predicted octanol–water partition coefficient (Wildman–Crippen LogP) is 2.13. The Bertz CT molecular complexity index is 844. The SMILES string of the molecule is C=CCNC(=O)c1ccc(S(=O)(=O)NCCc2ccc(OC)cc2)cc1. The van der Waals surface area contributed by atoms with Gasteiger partial charge >= 0.3 is 0 Å². The van der Waals surface area contributed by atoms with E-state index < -0.39 is 10.0 Å². The van der Waals surface area contributed by atoms with Crippen LogP contribution in [0, 0.1) is 0 Å². The van der Waals surface area contributed by atoms with Gasteiger partial charge in [-0.2, -0.15) is 0 Å². The van der Waals surface area contributed by atoms with Gasteiger partial charge in [-0.05, 0) is 48.4 Å². The molecule has 0 aromatic heterocycles. The lowest BCUT2D eigenvalue weighted by Gasteiger charge is -2.08. The van der Waals surface area contributed by atoms with Crippen LogP contribution in [0.15, 0.2) is 66.1 Å². The van der Waals surface area contributed by atoms with Gasteiger partial charge in [0.15, 0.2) is 0 Å². The summed E-state index contributed by atoms with van der Waals surface area (Å²) in [6.07, 6.45) is 2.13. The van der Waals surface area contributed by atoms with E-state index in [1.807, 2.05) is 24.3 Å². The zero-order chi connectivity index (χ0) is 19.0. The van der Waals surface area contributed by atoms with E-state index in [9.17, 15) is 13.2 Å². The molecule has 1 amide bonds. The molecular weight excluding hydrogens is 352 g/mol. The lowest BCUT2D eigenvalue weighted by atomic mass is 10.1. The molecule has 0 aliphatic heterocycles. The molecule has 2 rings (SSSR count). The van der Waals surface area contributed by atoms with Crippen molar-refractivity contribution in [2.45, 2.75) is 11.3 Å². The number of hydrogen-bond acceptors (Lipinski definition) is 4. The van der Waals surface area contributed by atoms with Gasteiger partial charge in [0, 0.05) is 18.7 Å². The van der Waals surface area contributed by atoms with Gasteiger partial charge in [-0.15, -0.1) is 6.58 Å². The Morgan fingerprint density at radius 1 is 1.12 bits per heavy atom. The number of nitrogens with one attached hydrogen (secondary N) is 2. The van der Waals surface area contributed by atoms with Crippen LogP contribution in [0.5, 0.6) is 5.75 Å². The quantitative estimate of drug-likeness (QED) is 0.659. The van der Waals surface area contributed by atoms with Gasteiger partial charge in [-0.25, -0.2) is 13.1 Å². The molecule has 0 unspecified atom stereocenters. The minimum atomic E-state index is -3.63. The van der Waals surface area contributed by atoms with Crippen LogP contribution in [0.4, 0.5) is 0 Å². The molecule has 7 heteroatoms. The summed E-state index contributed by atoms with van der Waals surface area (Å²) < 4.78 is 32.3. The van der Waals surface area contributed by atoms with Crippen molar-refractivity contribution in [3.8, 4) is 5.75 Å². The van der Waals surface area contributed by atoms with Crippen LogP contribution in [-0.2, 0) is 16.4 Å². The Hall–Kier alpha value is -2.64. The smallest absolute Gasteiger partial charge is 0.251 e. The number of rotatable bonds is 9. The summed E-state index contributed by atoms with van der Waals surface area (Å²) in [5.41, 5.74) is 1.40. The van der Waals surface area contributed by atoms with Crippen LogP contribution in [0.3, 0.4) is 0 Å². The fourth-order valence-electron chi connectivity index (χ4n) is 2.26. The van der Waals surface area contributed by atoms with Gasteiger partial charge in [0.05, 0.1) is 12.0 Å². The largest absolute Gasteiger partial charge is 0.497 e. The molecule has 0 radical (unpaired) electrons. The zero-order valence-electron chi connectivity index (χ0n) is 14.6. The molecule has 0 aliphatic rings. The molecular formula is C19H22N2O4S. The van der Waals surface area contributed by atoms with E-state index >= 15 is 0 Å². The zero-order valence-corrected chi connectivity index (χ0v) is 15.4. The second-order valence-corrected chi connectivity index (χ2v) is 7.29. The fraction of sp³-hybridized carbons (Fsp3) is 0.211. The summed E-state index contributed by atoms with van der Waals surface area (Å²) in [5, 5.41) is 2.64. The van der Waals surface area contributed by atoms with E-state index in [1.54, 1.807) is 13.2 Å². The van der Waals surface area contributed by atoms with E-state index in [0.717, 1.165) is 11.3 Å². The monoisotopic (exact) mass is 374 g/mol. The van der Waals surface area contributed by atoms with Crippen LogP contribution < -0.4 is 14.8 Å². The van der Waals surface area contributed by atoms with Gasteiger partial charge < -0.3 is 10.1 Å². The van der Waals surface area contributed by atoms with Crippen LogP contribution in [0.25, 0.3) is 0 Å². The number of amides is 1. The molecule has 0 heterocycles. The highest BCUT2D eigenvalue weighted by molar-refractivity contribution is 7.89. The number of ether oxygens (including phenoxy) is 1. The molecule has 6 nitrogen and oxygen atoms in total. The lowest BCUT2D eigenvalue weighted by molar-refractivity contribution is 0.0958. The van der Waals surface area contributed by atoms with E-state index in [4.69, 9.17) is 4.74 Å². The van der Waals surface area contributed by atoms with E-state index in [0.29, 0.717) is 18.5 Å². The molecule has 138 valence electrons. The van der Waals surface area contributed by atoms with Crippen molar-refractivity contribution in [1.82, 2.24) is 10.0 Å². The third-order valence-electron chi connectivity index (χ3n) is 3.70. The highest BCUT2D eigenvalue weighted by Gasteiger charge is 2.14. The second kappa shape index (κ2) is 9.17. The van der Waals surface area contributed by atoms with Crippen molar-refractivity contribution in [1.29, 1.82) is 0 Å². The summed E-state index contributed by atoms with van der Waals surface area (Å²) >= 11 is 0. The Balaban J connectivity index is 1.94. The van der Waals surface area contributed by atoms with Gasteiger partial charge in [-0.1, -0.05) is 18.2 Å². The van der Waals surface area contributed by atoms with Gasteiger partial charge in [0.1, 0.15) is 5.75 Å². The molecule has 0 saturated carbocycles. The van der Waals surface area contributed by atoms with E-state index in [-0.39, 0.29) is 17.3 Å². The standard InChI is InChI=1S/C19H22N2O4S/c1-3-13-20-19(22)16-6-10-18(11-7-16)26(23,24)21-14-12-15-4-8-17(25-2)9-5-15/h3-11,21H,1,12-14H2,2H3,(H,20,22). The van der Waals surface area contributed by atoms with Gasteiger partial charge in [0.25, 0.3) is 5.91 Å². The Kier molecular flexibility index (Phi) is 6.94. The van der Waals surface area contributed by atoms with Crippen molar-refractivity contribution in [2.75, 3.05) is 20.2 Å². The first-order valence-corrected chi connectivity index (χ1v) is 9.56. The third-order valence-corrected chi connectivity index (χ3v) is 5.18. The first-order valence-electron chi connectivity index (χ1n) is 8.08. The summed E-state index contributed by atoms with van der Waals surface area (Å²) in [4.78, 5) is 11.9. The molecule has 26 heavy (non-hydrogen) atoms. The van der Waals surface area contributed by atoms with Gasteiger partial charge in [0.2, 0.25) is 10.0 Å². The van der Waals surface area contributed by atoms with Crippen LogP contribution in [-0.4, -0.2) is 34.5 Å². The maximum absolute atomic E-state index is 12.3. The van der Waals surface area contributed by atoms with Crippen LogP contribution in [0.2, 0.25) is 0 Å². The maximum Gasteiger partial charge on any atom is 0.251 e. The van der Waals surface area contributed by atoms with Crippen molar-refractivity contribution in [3.05, 3.63) is 72.3 Å². The summed E-state index contributed by atoms with van der Waals surface area (Å²) in [5.74, 6) is 0.480. The third kappa shape index (κ3) is 5.44. The minimum absolute atomic E-state index is 0.118.